The monoisotopic (exact) mass is 358 g/mol. The van der Waals surface area contributed by atoms with Crippen LogP contribution >= 0.6 is 0 Å². The molecular formula is C16H20F2N2O3S. The first-order chi connectivity index (χ1) is 11.3. The Kier molecular flexibility index (Phi) is 4.61. The highest BCUT2D eigenvalue weighted by Gasteiger charge is 2.45. The first-order valence-electron chi connectivity index (χ1n) is 7.97. The summed E-state index contributed by atoms with van der Waals surface area (Å²) in [7, 11) is -3.27. The van der Waals surface area contributed by atoms with Crippen LogP contribution in [0.25, 0.3) is 0 Å². The number of rotatable bonds is 5. The van der Waals surface area contributed by atoms with Crippen molar-refractivity contribution in [2.24, 2.45) is 5.92 Å². The smallest absolute Gasteiger partial charge is 0.223 e. The van der Waals surface area contributed by atoms with Crippen molar-refractivity contribution in [1.29, 1.82) is 0 Å². The molecular weight excluding hydrogens is 338 g/mol. The van der Waals surface area contributed by atoms with E-state index in [-0.39, 0.29) is 30.3 Å². The van der Waals surface area contributed by atoms with E-state index in [0.29, 0.717) is 24.9 Å². The molecule has 1 aromatic carbocycles. The van der Waals surface area contributed by atoms with Crippen LogP contribution in [0.4, 0.5) is 8.78 Å². The van der Waals surface area contributed by atoms with Crippen molar-refractivity contribution in [3.05, 3.63) is 35.4 Å². The summed E-state index contributed by atoms with van der Waals surface area (Å²) in [5.74, 6) is -2.04. The van der Waals surface area contributed by atoms with E-state index in [1.807, 2.05) is 0 Å². The Bertz CT molecular complexity index is 754. The van der Waals surface area contributed by atoms with E-state index in [0.717, 1.165) is 12.5 Å². The number of nitrogens with zero attached hydrogens (tertiary/aromatic N) is 1. The van der Waals surface area contributed by atoms with Crippen LogP contribution in [-0.2, 0) is 14.8 Å². The molecule has 2 aliphatic rings. The van der Waals surface area contributed by atoms with Crippen molar-refractivity contribution in [2.75, 3.05) is 19.3 Å². The van der Waals surface area contributed by atoms with Gasteiger partial charge in [0.2, 0.25) is 15.9 Å². The van der Waals surface area contributed by atoms with E-state index in [2.05, 4.69) is 5.32 Å². The standard InChI is InChI=1S/C16H20F2N2O3S/c1-24(22,23)20-6-2-3-11(20)9-19-16(21)14-8-13(14)12-5-4-10(17)7-15(12)18/h4-5,7,11,13-14H,2-3,6,8-9H2,1H3,(H,19,21)/t11-,13+,14+/m1/s1. The van der Waals surface area contributed by atoms with E-state index in [4.69, 9.17) is 0 Å². The van der Waals surface area contributed by atoms with Gasteiger partial charge in [0, 0.05) is 31.1 Å². The molecule has 0 aromatic heterocycles. The molecule has 5 nitrogen and oxygen atoms in total. The predicted octanol–water partition coefficient (Wildman–Crippen LogP) is 1.61. The summed E-state index contributed by atoms with van der Waals surface area (Å²) in [5, 5.41) is 2.78. The van der Waals surface area contributed by atoms with Crippen LogP contribution in [0.3, 0.4) is 0 Å². The van der Waals surface area contributed by atoms with Crippen molar-refractivity contribution in [3.8, 4) is 0 Å². The summed E-state index contributed by atoms with van der Waals surface area (Å²) in [5.41, 5.74) is 0.357. The van der Waals surface area contributed by atoms with Crippen LogP contribution in [0, 0.1) is 17.6 Å². The highest BCUT2D eigenvalue weighted by molar-refractivity contribution is 7.88. The molecule has 0 radical (unpaired) electrons. The summed E-state index contributed by atoms with van der Waals surface area (Å²) in [6.07, 6.45) is 3.19. The quantitative estimate of drug-likeness (QED) is 0.870. The molecule has 1 aromatic rings. The fourth-order valence-corrected chi connectivity index (χ4v) is 4.61. The lowest BCUT2D eigenvalue weighted by atomic mass is 10.1. The molecule has 1 aliphatic heterocycles. The number of sulfonamides is 1. The van der Waals surface area contributed by atoms with Crippen LogP contribution in [0.2, 0.25) is 0 Å². The van der Waals surface area contributed by atoms with Crippen molar-refractivity contribution >= 4 is 15.9 Å². The van der Waals surface area contributed by atoms with E-state index >= 15 is 0 Å². The molecule has 1 saturated carbocycles. The average molecular weight is 358 g/mol. The van der Waals surface area contributed by atoms with Crippen LogP contribution in [0.1, 0.15) is 30.7 Å². The van der Waals surface area contributed by atoms with Gasteiger partial charge in [-0.3, -0.25) is 4.79 Å². The van der Waals surface area contributed by atoms with Gasteiger partial charge in [0.05, 0.1) is 6.26 Å². The lowest BCUT2D eigenvalue weighted by Crippen LogP contribution is -2.43. The largest absolute Gasteiger partial charge is 0.354 e. The number of hydrogen-bond donors (Lipinski definition) is 1. The second-order valence-electron chi connectivity index (χ2n) is 6.53. The van der Waals surface area contributed by atoms with Crippen LogP contribution < -0.4 is 5.32 Å². The number of amides is 1. The molecule has 0 spiro atoms. The molecule has 2 fully saturated rings. The fourth-order valence-electron chi connectivity index (χ4n) is 3.43. The predicted molar refractivity (Wildman–Crippen MR) is 84.8 cm³/mol. The van der Waals surface area contributed by atoms with Gasteiger partial charge in [-0.15, -0.1) is 0 Å². The van der Waals surface area contributed by atoms with Crippen LogP contribution in [0.15, 0.2) is 18.2 Å². The molecule has 3 rings (SSSR count). The lowest BCUT2D eigenvalue weighted by molar-refractivity contribution is -0.122. The third kappa shape index (κ3) is 3.59. The van der Waals surface area contributed by atoms with E-state index in [9.17, 15) is 22.0 Å². The Morgan fingerprint density at radius 3 is 2.79 bits per heavy atom. The summed E-state index contributed by atoms with van der Waals surface area (Å²) < 4.78 is 51.5. The Labute approximate surface area is 140 Å². The SMILES string of the molecule is CS(=O)(=O)N1CCC[C@@H]1CNC(=O)[C@H]1C[C@H]1c1ccc(F)cc1F. The van der Waals surface area contributed by atoms with Gasteiger partial charge in [-0.25, -0.2) is 17.2 Å². The molecule has 1 heterocycles. The third-order valence-electron chi connectivity index (χ3n) is 4.75. The topological polar surface area (TPSA) is 66.5 Å². The number of nitrogens with one attached hydrogen (secondary N) is 1. The summed E-state index contributed by atoms with van der Waals surface area (Å²) in [6.45, 7) is 0.743. The number of hydrogen-bond acceptors (Lipinski definition) is 3. The average Bonchev–Trinajstić information content (AvgIpc) is 3.11. The Morgan fingerprint density at radius 2 is 2.12 bits per heavy atom. The Morgan fingerprint density at radius 1 is 1.38 bits per heavy atom. The number of carbonyl (C=O) groups is 1. The first kappa shape index (κ1) is 17.3. The summed E-state index contributed by atoms with van der Waals surface area (Å²) in [6, 6.07) is 3.17. The minimum atomic E-state index is -3.27. The van der Waals surface area contributed by atoms with Gasteiger partial charge in [-0.1, -0.05) is 6.07 Å². The van der Waals surface area contributed by atoms with Crippen molar-refractivity contribution in [2.45, 2.75) is 31.2 Å². The molecule has 0 bridgehead atoms. The zero-order valence-corrected chi connectivity index (χ0v) is 14.2. The number of benzene rings is 1. The highest BCUT2D eigenvalue weighted by atomic mass is 32.2. The number of carbonyl (C=O) groups excluding carboxylic acids is 1. The summed E-state index contributed by atoms with van der Waals surface area (Å²) >= 11 is 0. The van der Waals surface area contributed by atoms with Gasteiger partial charge in [0.1, 0.15) is 11.6 Å². The maximum Gasteiger partial charge on any atom is 0.223 e. The van der Waals surface area contributed by atoms with Gasteiger partial charge >= 0.3 is 0 Å². The lowest BCUT2D eigenvalue weighted by Gasteiger charge is -2.22. The molecule has 8 heteroatoms. The van der Waals surface area contributed by atoms with E-state index < -0.39 is 21.7 Å². The van der Waals surface area contributed by atoms with Crippen LogP contribution in [-0.4, -0.2) is 44.0 Å². The Hall–Kier alpha value is -1.54. The summed E-state index contributed by atoms with van der Waals surface area (Å²) in [4.78, 5) is 12.2. The maximum atomic E-state index is 13.7. The highest BCUT2D eigenvalue weighted by Crippen LogP contribution is 2.48. The maximum absolute atomic E-state index is 13.7. The molecule has 1 N–H and O–H groups in total. The minimum absolute atomic E-state index is 0.205. The molecule has 132 valence electrons. The van der Waals surface area contributed by atoms with Gasteiger partial charge in [-0.05, 0) is 36.8 Å². The third-order valence-corrected chi connectivity index (χ3v) is 6.08. The van der Waals surface area contributed by atoms with Crippen molar-refractivity contribution < 1.29 is 22.0 Å². The van der Waals surface area contributed by atoms with Crippen molar-refractivity contribution in [1.82, 2.24) is 9.62 Å². The van der Waals surface area contributed by atoms with Gasteiger partial charge in [-0.2, -0.15) is 4.31 Å². The fraction of sp³-hybridized carbons (Fsp3) is 0.562. The molecule has 1 saturated heterocycles. The zero-order valence-electron chi connectivity index (χ0n) is 13.3. The minimum Gasteiger partial charge on any atom is -0.354 e. The second kappa shape index (κ2) is 6.40. The van der Waals surface area contributed by atoms with Gasteiger partial charge < -0.3 is 5.32 Å². The van der Waals surface area contributed by atoms with E-state index in [1.165, 1.54) is 22.7 Å². The normalized spacial score (nSPS) is 27.2. The van der Waals surface area contributed by atoms with Gasteiger partial charge in [0.25, 0.3) is 0 Å². The molecule has 1 aliphatic carbocycles. The molecule has 3 atom stereocenters. The second-order valence-corrected chi connectivity index (χ2v) is 8.46. The van der Waals surface area contributed by atoms with Gasteiger partial charge in [0.15, 0.2) is 0 Å². The first-order valence-corrected chi connectivity index (χ1v) is 9.81. The molecule has 24 heavy (non-hydrogen) atoms. The van der Waals surface area contributed by atoms with Crippen LogP contribution in [0.5, 0.6) is 0 Å². The van der Waals surface area contributed by atoms with E-state index in [1.54, 1.807) is 0 Å². The number of halogens is 2. The zero-order chi connectivity index (χ0) is 17.5. The molecule has 1 amide bonds. The molecule has 0 unspecified atom stereocenters. The van der Waals surface area contributed by atoms with Crippen molar-refractivity contribution in [3.63, 3.8) is 0 Å². The Balaban J connectivity index is 1.55.